The maximum Gasteiger partial charge on any atom is 0.176 e. The lowest BCUT2D eigenvalue weighted by Gasteiger charge is -2.33. The highest BCUT2D eigenvalue weighted by Crippen LogP contribution is 2.20. The van der Waals surface area contributed by atoms with Gasteiger partial charge in [0.2, 0.25) is 0 Å². The molecule has 0 radical (unpaired) electrons. The molecule has 1 heterocycles. The zero-order valence-electron chi connectivity index (χ0n) is 10.8. The van der Waals surface area contributed by atoms with Gasteiger partial charge in [-0.3, -0.25) is 9.69 Å². The average molecular weight is 299 g/mol. The maximum absolute atomic E-state index is 12.1. The van der Waals surface area contributed by atoms with Crippen LogP contribution in [0, 0.1) is 0 Å². The predicted octanol–water partition coefficient (Wildman–Crippen LogP) is 1.29. The molecule has 19 heavy (non-hydrogen) atoms. The first-order valence-corrected chi connectivity index (χ1v) is 9.18. The first kappa shape index (κ1) is 14.6. The molecule has 1 fully saturated rings. The molecular formula is C13H17NO3S2. The van der Waals surface area contributed by atoms with Gasteiger partial charge in [-0.05, 0) is 0 Å². The molecule has 104 valence electrons. The van der Waals surface area contributed by atoms with Crippen LogP contribution in [0.3, 0.4) is 0 Å². The lowest BCUT2D eigenvalue weighted by Crippen LogP contribution is -2.48. The molecule has 1 saturated heterocycles. The van der Waals surface area contributed by atoms with E-state index in [9.17, 15) is 13.2 Å². The Hall–Kier alpha value is -0.850. The molecule has 0 spiro atoms. The number of benzene rings is 1. The number of rotatable bonds is 4. The largest absolute Gasteiger partial charge is 0.293 e. The number of thioether (sulfide) groups is 1. The van der Waals surface area contributed by atoms with E-state index in [0.717, 1.165) is 5.75 Å². The van der Waals surface area contributed by atoms with Gasteiger partial charge < -0.3 is 0 Å². The topological polar surface area (TPSA) is 54.5 Å². The molecule has 1 aliphatic heterocycles. The van der Waals surface area contributed by atoms with Crippen molar-refractivity contribution >= 4 is 27.4 Å². The van der Waals surface area contributed by atoms with Gasteiger partial charge in [0.05, 0.1) is 6.54 Å². The van der Waals surface area contributed by atoms with E-state index in [-0.39, 0.29) is 12.3 Å². The molecular weight excluding hydrogens is 282 g/mol. The minimum absolute atomic E-state index is 0.0267. The van der Waals surface area contributed by atoms with Gasteiger partial charge in [-0.15, -0.1) is 0 Å². The highest BCUT2D eigenvalue weighted by Gasteiger charge is 2.32. The van der Waals surface area contributed by atoms with Crippen LogP contribution in [-0.4, -0.2) is 55.3 Å². The van der Waals surface area contributed by atoms with E-state index < -0.39 is 15.2 Å². The summed E-state index contributed by atoms with van der Waals surface area (Å²) in [5.74, 6) is 1.38. The fourth-order valence-electron chi connectivity index (χ4n) is 2.09. The number of nitrogens with zero attached hydrogens (tertiary/aromatic N) is 1. The van der Waals surface area contributed by atoms with Gasteiger partial charge in [0.15, 0.2) is 15.6 Å². The van der Waals surface area contributed by atoms with Crippen molar-refractivity contribution in [3.8, 4) is 0 Å². The molecule has 0 bridgehead atoms. The lowest BCUT2D eigenvalue weighted by molar-refractivity contribution is 0.0928. The van der Waals surface area contributed by atoms with Gasteiger partial charge in [0.1, 0.15) is 5.37 Å². The zero-order valence-corrected chi connectivity index (χ0v) is 12.4. The van der Waals surface area contributed by atoms with E-state index in [2.05, 4.69) is 0 Å². The van der Waals surface area contributed by atoms with Crippen LogP contribution in [0.4, 0.5) is 0 Å². The van der Waals surface area contributed by atoms with E-state index in [0.29, 0.717) is 17.9 Å². The van der Waals surface area contributed by atoms with Crippen molar-refractivity contribution in [1.29, 1.82) is 0 Å². The Kier molecular flexibility index (Phi) is 4.65. The molecule has 0 aliphatic carbocycles. The first-order valence-electron chi connectivity index (χ1n) is 6.07. The van der Waals surface area contributed by atoms with Gasteiger partial charge in [0, 0.05) is 29.9 Å². The second-order valence-electron chi connectivity index (χ2n) is 4.62. The summed E-state index contributed by atoms with van der Waals surface area (Å²) in [5, 5.41) is -0.543. The van der Waals surface area contributed by atoms with Gasteiger partial charge in [-0.2, -0.15) is 11.8 Å². The monoisotopic (exact) mass is 299 g/mol. The van der Waals surface area contributed by atoms with Crippen molar-refractivity contribution < 1.29 is 13.2 Å². The Morgan fingerprint density at radius 1 is 1.37 bits per heavy atom. The Labute approximate surface area is 118 Å². The van der Waals surface area contributed by atoms with Crippen LogP contribution in [0.2, 0.25) is 0 Å². The second-order valence-corrected chi connectivity index (χ2v) is 7.97. The van der Waals surface area contributed by atoms with Gasteiger partial charge in [-0.1, -0.05) is 30.3 Å². The molecule has 1 atom stereocenters. The van der Waals surface area contributed by atoms with Crippen molar-refractivity contribution in [1.82, 2.24) is 4.90 Å². The van der Waals surface area contributed by atoms with E-state index in [1.54, 1.807) is 28.8 Å². The molecule has 1 aliphatic rings. The van der Waals surface area contributed by atoms with Crippen LogP contribution in [-0.2, 0) is 9.84 Å². The van der Waals surface area contributed by atoms with Crippen LogP contribution >= 0.6 is 11.8 Å². The Morgan fingerprint density at radius 2 is 2.05 bits per heavy atom. The van der Waals surface area contributed by atoms with E-state index in [4.69, 9.17) is 0 Å². The normalized spacial score (nSPS) is 21.2. The number of ketones is 1. The van der Waals surface area contributed by atoms with Crippen molar-refractivity contribution in [3.63, 3.8) is 0 Å². The third-order valence-electron chi connectivity index (χ3n) is 3.13. The third-order valence-corrected chi connectivity index (χ3v) is 5.81. The summed E-state index contributed by atoms with van der Waals surface area (Å²) < 4.78 is 23.5. The SMILES string of the molecule is CS(=O)(=O)C1CSCCN1CC(=O)c1ccccc1. The quantitative estimate of drug-likeness (QED) is 0.784. The molecule has 1 unspecified atom stereocenters. The number of Topliss-reactive ketones (excluding diaryl/α,β-unsaturated/α-hetero) is 1. The standard InChI is InChI=1S/C13H17NO3S2/c1-19(16,17)13-10-18-8-7-14(13)9-12(15)11-5-3-2-4-6-11/h2-6,13H,7-10H2,1H3. The van der Waals surface area contributed by atoms with E-state index in [1.807, 2.05) is 18.2 Å². The molecule has 4 nitrogen and oxygen atoms in total. The summed E-state index contributed by atoms with van der Waals surface area (Å²) in [5.41, 5.74) is 0.632. The van der Waals surface area contributed by atoms with Crippen molar-refractivity contribution in [2.75, 3.05) is 30.9 Å². The Balaban J connectivity index is 2.10. The Morgan fingerprint density at radius 3 is 2.68 bits per heavy atom. The van der Waals surface area contributed by atoms with Gasteiger partial charge in [-0.25, -0.2) is 8.42 Å². The van der Waals surface area contributed by atoms with Crippen molar-refractivity contribution in [2.45, 2.75) is 5.37 Å². The molecule has 0 N–H and O–H groups in total. The molecule has 1 aromatic carbocycles. The number of hydrogen-bond donors (Lipinski definition) is 0. The molecule has 2 rings (SSSR count). The van der Waals surface area contributed by atoms with E-state index in [1.165, 1.54) is 6.26 Å². The summed E-state index contributed by atoms with van der Waals surface area (Å²) in [6.07, 6.45) is 1.24. The molecule has 6 heteroatoms. The van der Waals surface area contributed by atoms with Crippen LogP contribution < -0.4 is 0 Å². The summed E-state index contributed by atoms with van der Waals surface area (Å²) in [4.78, 5) is 13.9. The van der Waals surface area contributed by atoms with Gasteiger partial charge in [0.25, 0.3) is 0 Å². The van der Waals surface area contributed by atoms with Crippen LogP contribution in [0.15, 0.2) is 30.3 Å². The number of hydrogen-bond acceptors (Lipinski definition) is 5. The number of carbonyl (C=O) groups excluding carboxylic acids is 1. The smallest absolute Gasteiger partial charge is 0.176 e. The van der Waals surface area contributed by atoms with Crippen molar-refractivity contribution in [2.24, 2.45) is 0 Å². The number of sulfone groups is 1. The highest BCUT2D eigenvalue weighted by molar-refractivity contribution is 8.00. The summed E-state index contributed by atoms with van der Waals surface area (Å²) in [7, 11) is -3.15. The van der Waals surface area contributed by atoms with Crippen LogP contribution in [0.25, 0.3) is 0 Å². The molecule has 0 amide bonds. The van der Waals surface area contributed by atoms with Crippen molar-refractivity contribution in [3.05, 3.63) is 35.9 Å². The molecule has 0 aromatic heterocycles. The fraction of sp³-hybridized carbons (Fsp3) is 0.462. The highest BCUT2D eigenvalue weighted by atomic mass is 32.2. The number of carbonyl (C=O) groups is 1. The molecule has 1 aromatic rings. The van der Waals surface area contributed by atoms with Crippen LogP contribution in [0.5, 0.6) is 0 Å². The zero-order chi connectivity index (χ0) is 13.9. The average Bonchev–Trinajstić information content (AvgIpc) is 2.39. The summed E-state index contributed by atoms with van der Waals surface area (Å²) in [6.45, 7) is 0.809. The third kappa shape index (κ3) is 3.81. The maximum atomic E-state index is 12.1. The lowest BCUT2D eigenvalue weighted by atomic mass is 10.1. The summed E-state index contributed by atoms with van der Waals surface area (Å²) >= 11 is 1.62. The predicted molar refractivity (Wildman–Crippen MR) is 78.3 cm³/mol. The van der Waals surface area contributed by atoms with E-state index >= 15 is 0 Å². The summed E-state index contributed by atoms with van der Waals surface area (Å²) in [6, 6.07) is 9.00. The Bertz CT molecular complexity index is 542. The van der Waals surface area contributed by atoms with Gasteiger partial charge >= 0.3 is 0 Å². The second kappa shape index (κ2) is 6.07. The fourth-order valence-corrected chi connectivity index (χ4v) is 5.03. The minimum atomic E-state index is -3.15. The minimum Gasteiger partial charge on any atom is -0.293 e. The first-order chi connectivity index (χ1) is 8.98. The van der Waals surface area contributed by atoms with Crippen LogP contribution in [0.1, 0.15) is 10.4 Å². The molecule has 0 saturated carbocycles.